The first-order valence-corrected chi connectivity index (χ1v) is 7.28. The summed E-state index contributed by atoms with van der Waals surface area (Å²) >= 11 is 0. The van der Waals surface area contributed by atoms with Crippen LogP contribution < -0.4 is 5.73 Å². The summed E-state index contributed by atoms with van der Waals surface area (Å²) < 4.78 is 2.05. The van der Waals surface area contributed by atoms with Crippen LogP contribution >= 0.6 is 24.0 Å². The second-order valence-electron chi connectivity index (χ2n) is 5.57. The quantitative estimate of drug-likeness (QED) is 0.467. The molecule has 3 rings (SSSR count). The van der Waals surface area contributed by atoms with Crippen LogP contribution in [-0.4, -0.2) is 33.5 Å². The average Bonchev–Trinajstić information content (AvgIpc) is 3.23. The van der Waals surface area contributed by atoms with E-state index in [1.54, 1.807) is 6.20 Å². The van der Waals surface area contributed by atoms with Gasteiger partial charge < -0.3 is 15.2 Å². The molecule has 0 radical (unpaired) electrons. The van der Waals surface area contributed by atoms with Crippen molar-refractivity contribution in [2.45, 2.75) is 32.0 Å². The molecular weight excluding hydrogens is 389 g/mol. The number of benzene rings is 1. The molecular formula is C16H22IN5. The monoisotopic (exact) mass is 411 g/mol. The molecule has 0 aliphatic heterocycles. The number of nitrogens with two attached hydrogens (primary N) is 1. The summed E-state index contributed by atoms with van der Waals surface area (Å²) in [6.07, 6.45) is 8.05. The first kappa shape index (κ1) is 16.8. The predicted octanol–water partition coefficient (Wildman–Crippen LogP) is 2.46. The van der Waals surface area contributed by atoms with Gasteiger partial charge in [0.05, 0.1) is 12.9 Å². The van der Waals surface area contributed by atoms with Gasteiger partial charge in [0, 0.05) is 32.0 Å². The van der Waals surface area contributed by atoms with Gasteiger partial charge in [-0.15, -0.1) is 24.0 Å². The fraction of sp³-hybridized carbons (Fsp3) is 0.375. The van der Waals surface area contributed by atoms with Crippen molar-refractivity contribution in [2.75, 3.05) is 7.05 Å². The molecule has 1 fully saturated rings. The summed E-state index contributed by atoms with van der Waals surface area (Å²) in [7, 11) is 2.02. The Morgan fingerprint density at radius 3 is 2.86 bits per heavy atom. The maximum Gasteiger partial charge on any atom is 0.191 e. The minimum Gasteiger partial charge on any atom is -0.370 e. The van der Waals surface area contributed by atoms with Crippen LogP contribution in [0.3, 0.4) is 0 Å². The molecule has 5 nitrogen and oxygen atoms in total. The Morgan fingerprint density at radius 2 is 2.18 bits per heavy atom. The third kappa shape index (κ3) is 4.46. The number of nitrogens with zero attached hydrogens (tertiary/aromatic N) is 4. The standard InChI is InChI=1S/C16H21N5.HI/c1-20(15-5-6-15)16(17)19-10-13-3-2-4-14(9-13)11-21-8-7-18-12-21;/h2-4,7-9,12,15H,5-6,10-11H2,1H3,(H2,17,19);1H. The van der Waals surface area contributed by atoms with Crippen LogP contribution in [0.1, 0.15) is 24.0 Å². The molecule has 0 amide bonds. The minimum absolute atomic E-state index is 0. The Bertz CT molecular complexity index is 619. The molecule has 0 saturated heterocycles. The molecule has 2 N–H and O–H groups in total. The molecule has 1 aliphatic carbocycles. The van der Waals surface area contributed by atoms with E-state index in [1.807, 2.05) is 19.6 Å². The molecule has 1 aliphatic rings. The van der Waals surface area contributed by atoms with Gasteiger partial charge in [-0.3, -0.25) is 0 Å². The molecule has 0 spiro atoms. The summed E-state index contributed by atoms with van der Waals surface area (Å²) in [5.41, 5.74) is 8.44. The highest BCUT2D eigenvalue weighted by Crippen LogP contribution is 2.24. The highest BCUT2D eigenvalue weighted by atomic mass is 127. The minimum atomic E-state index is 0. The maximum atomic E-state index is 6.02. The maximum absolute atomic E-state index is 6.02. The van der Waals surface area contributed by atoms with Crippen LogP contribution in [0, 0.1) is 0 Å². The molecule has 0 unspecified atom stereocenters. The van der Waals surface area contributed by atoms with Crippen molar-refractivity contribution in [3.63, 3.8) is 0 Å². The van der Waals surface area contributed by atoms with Crippen molar-refractivity contribution in [2.24, 2.45) is 10.7 Å². The summed E-state index contributed by atoms with van der Waals surface area (Å²) in [5, 5.41) is 0. The first-order chi connectivity index (χ1) is 10.2. The number of hydrogen-bond donors (Lipinski definition) is 1. The highest BCUT2D eigenvalue weighted by molar-refractivity contribution is 14.0. The zero-order valence-electron chi connectivity index (χ0n) is 12.7. The Morgan fingerprint density at radius 1 is 1.41 bits per heavy atom. The number of aliphatic imine (C=N–C) groups is 1. The van der Waals surface area contributed by atoms with E-state index in [0.29, 0.717) is 18.5 Å². The van der Waals surface area contributed by atoms with Gasteiger partial charge >= 0.3 is 0 Å². The smallest absolute Gasteiger partial charge is 0.191 e. The number of rotatable bonds is 5. The summed E-state index contributed by atoms with van der Waals surface area (Å²) in [6, 6.07) is 9.05. The van der Waals surface area contributed by atoms with Crippen molar-refractivity contribution in [3.05, 3.63) is 54.1 Å². The number of guanidine groups is 1. The van der Waals surface area contributed by atoms with Gasteiger partial charge in [-0.1, -0.05) is 24.3 Å². The Hall–Kier alpha value is -1.57. The van der Waals surface area contributed by atoms with Crippen molar-refractivity contribution >= 4 is 29.9 Å². The van der Waals surface area contributed by atoms with Crippen LogP contribution in [-0.2, 0) is 13.1 Å². The highest BCUT2D eigenvalue weighted by Gasteiger charge is 2.27. The number of imidazole rings is 1. The fourth-order valence-corrected chi connectivity index (χ4v) is 2.35. The molecule has 0 atom stereocenters. The Kier molecular flexibility index (Phi) is 5.82. The lowest BCUT2D eigenvalue weighted by Gasteiger charge is -2.16. The second-order valence-corrected chi connectivity index (χ2v) is 5.57. The van der Waals surface area contributed by atoms with Crippen molar-refractivity contribution in [3.8, 4) is 0 Å². The van der Waals surface area contributed by atoms with E-state index in [2.05, 4.69) is 43.7 Å². The zero-order chi connectivity index (χ0) is 14.7. The average molecular weight is 411 g/mol. The van der Waals surface area contributed by atoms with E-state index >= 15 is 0 Å². The van der Waals surface area contributed by atoms with Crippen LogP contribution in [0.4, 0.5) is 0 Å². The molecule has 1 aromatic heterocycles. The zero-order valence-corrected chi connectivity index (χ0v) is 15.1. The molecule has 1 saturated carbocycles. The van der Waals surface area contributed by atoms with Crippen LogP contribution in [0.25, 0.3) is 0 Å². The van der Waals surface area contributed by atoms with Gasteiger partial charge in [0.15, 0.2) is 5.96 Å². The lowest BCUT2D eigenvalue weighted by molar-refractivity contribution is 0.487. The van der Waals surface area contributed by atoms with Gasteiger partial charge in [0.1, 0.15) is 0 Å². The topological polar surface area (TPSA) is 59.4 Å². The van der Waals surface area contributed by atoms with E-state index in [-0.39, 0.29) is 24.0 Å². The lowest BCUT2D eigenvalue weighted by Crippen LogP contribution is -2.35. The number of halogens is 1. The molecule has 6 heteroatoms. The van der Waals surface area contributed by atoms with Gasteiger partial charge in [0.2, 0.25) is 0 Å². The van der Waals surface area contributed by atoms with Gasteiger partial charge in [-0.2, -0.15) is 0 Å². The number of aromatic nitrogens is 2. The normalized spacial score (nSPS) is 14.5. The van der Waals surface area contributed by atoms with Crippen molar-refractivity contribution in [1.82, 2.24) is 14.5 Å². The molecule has 1 aromatic carbocycles. The summed E-state index contributed by atoms with van der Waals surface area (Å²) in [5.74, 6) is 0.637. The van der Waals surface area contributed by atoms with Gasteiger partial charge in [0.25, 0.3) is 0 Å². The van der Waals surface area contributed by atoms with Crippen LogP contribution in [0.5, 0.6) is 0 Å². The molecule has 22 heavy (non-hydrogen) atoms. The first-order valence-electron chi connectivity index (χ1n) is 7.28. The van der Waals surface area contributed by atoms with E-state index in [0.717, 1.165) is 6.54 Å². The van der Waals surface area contributed by atoms with Gasteiger partial charge in [-0.05, 0) is 24.0 Å². The summed E-state index contributed by atoms with van der Waals surface area (Å²) in [4.78, 5) is 10.6. The Labute approximate surface area is 148 Å². The fourth-order valence-electron chi connectivity index (χ4n) is 2.35. The molecule has 0 bridgehead atoms. The van der Waals surface area contributed by atoms with Crippen LogP contribution in [0.15, 0.2) is 48.0 Å². The van der Waals surface area contributed by atoms with Gasteiger partial charge in [-0.25, -0.2) is 9.98 Å². The van der Waals surface area contributed by atoms with E-state index in [9.17, 15) is 0 Å². The lowest BCUT2D eigenvalue weighted by atomic mass is 10.1. The van der Waals surface area contributed by atoms with Crippen LogP contribution in [0.2, 0.25) is 0 Å². The van der Waals surface area contributed by atoms with Crippen molar-refractivity contribution in [1.29, 1.82) is 0 Å². The molecule has 1 heterocycles. The molecule has 118 valence electrons. The second kappa shape index (κ2) is 7.62. The van der Waals surface area contributed by atoms with E-state index in [1.165, 1.54) is 24.0 Å². The third-order valence-electron chi connectivity index (χ3n) is 3.80. The largest absolute Gasteiger partial charge is 0.370 e. The third-order valence-corrected chi connectivity index (χ3v) is 3.80. The van der Waals surface area contributed by atoms with E-state index < -0.39 is 0 Å². The summed E-state index contributed by atoms with van der Waals surface area (Å²) in [6.45, 7) is 1.45. The molecule has 2 aromatic rings. The predicted molar refractivity (Wildman–Crippen MR) is 99.3 cm³/mol. The Balaban J connectivity index is 0.00000176. The van der Waals surface area contributed by atoms with E-state index in [4.69, 9.17) is 5.73 Å². The number of hydrogen-bond acceptors (Lipinski definition) is 2. The SMILES string of the molecule is CN(C(N)=NCc1cccc(Cn2ccnc2)c1)C1CC1.I. The van der Waals surface area contributed by atoms with Crippen molar-refractivity contribution < 1.29 is 0 Å².